The Morgan fingerprint density at radius 2 is 1.84 bits per heavy atom. The SMILES string of the molecule is COc1ccc(C)cc1C(=O)Nc1ccccc1C. The van der Waals surface area contributed by atoms with Gasteiger partial charge in [0.15, 0.2) is 0 Å². The third kappa shape index (κ3) is 2.94. The van der Waals surface area contributed by atoms with E-state index < -0.39 is 0 Å². The molecule has 3 heteroatoms. The Kier molecular flexibility index (Phi) is 3.85. The maximum atomic E-state index is 12.3. The van der Waals surface area contributed by atoms with Gasteiger partial charge in [0.05, 0.1) is 12.7 Å². The fraction of sp³-hybridized carbons (Fsp3) is 0.188. The Morgan fingerprint density at radius 1 is 1.11 bits per heavy atom. The number of benzene rings is 2. The van der Waals surface area contributed by atoms with E-state index in [1.807, 2.05) is 56.3 Å². The third-order valence-electron chi connectivity index (χ3n) is 2.99. The molecule has 1 amide bonds. The summed E-state index contributed by atoms with van der Waals surface area (Å²) in [4.78, 5) is 12.3. The largest absolute Gasteiger partial charge is 0.496 e. The maximum Gasteiger partial charge on any atom is 0.259 e. The molecular weight excluding hydrogens is 238 g/mol. The van der Waals surface area contributed by atoms with Crippen molar-refractivity contribution in [3.63, 3.8) is 0 Å². The summed E-state index contributed by atoms with van der Waals surface area (Å²) in [5.74, 6) is 0.423. The second-order valence-electron chi connectivity index (χ2n) is 4.47. The molecule has 3 nitrogen and oxygen atoms in total. The number of hydrogen-bond donors (Lipinski definition) is 1. The van der Waals surface area contributed by atoms with Crippen LogP contribution in [0.2, 0.25) is 0 Å². The van der Waals surface area contributed by atoms with Gasteiger partial charge in [-0.3, -0.25) is 4.79 Å². The average molecular weight is 255 g/mol. The summed E-state index contributed by atoms with van der Waals surface area (Å²) >= 11 is 0. The Bertz CT molecular complexity index is 605. The summed E-state index contributed by atoms with van der Waals surface area (Å²) < 4.78 is 5.23. The van der Waals surface area contributed by atoms with Crippen molar-refractivity contribution in [2.75, 3.05) is 12.4 Å². The highest BCUT2D eigenvalue weighted by molar-refractivity contribution is 6.06. The summed E-state index contributed by atoms with van der Waals surface area (Å²) in [6.07, 6.45) is 0. The maximum absolute atomic E-state index is 12.3. The smallest absolute Gasteiger partial charge is 0.259 e. The van der Waals surface area contributed by atoms with Gasteiger partial charge in [0.1, 0.15) is 5.75 Å². The van der Waals surface area contributed by atoms with Gasteiger partial charge in [-0.15, -0.1) is 0 Å². The van der Waals surface area contributed by atoms with Crippen molar-refractivity contribution in [1.82, 2.24) is 0 Å². The number of carbonyl (C=O) groups excluding carboxylic acids is 1. The molecule has 0 radical (unpaired) electrons. The molecule has 0 heterocycles. The molecule has 0 fully saturated rings. The van der Waals surface area contributed by atoms with Crippen LogP contribution in [0, 0.1) is 13.8 Å². The van der Waals surface area contributed by atoms with Crippen LogP contribution >= 0.6 is 0 Å². The van der Waals surface area contributed by atoms with Crippen LogP contribution in [0.25, 0.3) is 0 Å². The minimum atomic E-state index is -0.158. The molecule has 1 N–H and O–H groups in total. The highest BCUT2D eigenvalue weighted by Crippen LogP contribution is 2.22. The van der Waals surface area contributed by atoms with E-state index in [4.69, 9.17) is 4.74 Å². The van der Waals surface area contributed by atoms with E-state index in [0.717, 1.165) is 16.8 Å². The van der Waals surface area contributed by atoms with Crippen LogP contribution in [0.3, 0.4) is 0 Å². The van der Waals surface area contributed by atoms with Gasteiger partial charge < -0.3 is 10.1 Å². The number of aryl methyl sites for hydroxylation is 2. The lowest BCUT2D eigenvalue weighted by Crippen LogP contribution is -2.14. The second kappa shape index (κ2) is 5.57. The van der Waals surface area contributed by atoms with Crippen molar-refractivity contribution >= 4 is 11.6 Å². The van der Waals surface area contributed by atoms with Gasteiger partial charge in [0, 0.05) is 5.69 Å². The van der Waals surface area contributed by atoms with E-state index >= 15 is 0 Å². The lowest BCUT2D eigenvalue weighted by atomic mass is 10.1. The second-order valence-corrected chi connectivity index (χ2v) is 4.47. The predicted molar refractivity (Wildman–Crippen MR) is 76.9 cm³/mol. The number of methoxy groups -OCH3 is 1. The van der Waals surface area contributed by atoms with E-state index in [2.05, 4.69) is 5.32 Å². The van der Waals surface area contributed by atoms with Gasteiger partial charge in [0.25, 0.3) is 5.91 Å². The molecule has 2 rings (SSSR count). The molecule has 0 spiro atoms. The predicted octanol–water partition coefficient (Wildman–Crippen LogP) is 3.56. The Hall–Kier alpha value is -2.29. The zero-order valence-corrected chi connectivity index (χ0v) is 11.4. The first-order chi connectivity index (χ1) is 9.11. The molecule has 0 unspecified atom stereocenters. The van der Waals surface area contributed by atoms with Crippen LogP contribution in [-0.4, -0.2) is 13.0 Å². The molecular formula is C16H17NO2. The molecule has 0 aliphatic rings. The number of rotatable bonds is 3. The summed E-state index contributed by atoms with van der Waals surface area (Å²) in [6.45, 7) is 3.91. The first-order valence-electron chi connectivity index (χ1n) is 6.13. The van der Waals surface area contributed by atoms with Crippen molar-refractivity contribution < 1.29 is 9.53 Å². The van der Waals surface area contributed by atoms with Crippen molar-refractivity contribution in [3.05, 3.63) is 59.2 Å². The van der Waals surface area contributed by atoms with Crippen LogP contribution in [0.1, 0.15) is 21.5 Å². The number of anilines is 1. The standard InChI is InChI=1S/C16H17NO2/c1-11-8-9-15(19-3)13(10-11)16(18)17-14-7-5-4-6-12(14)2/h4-10H,1-3H3,(H,17,18). The highest BCUT2D eigenvalue weighted by Gasteiger charge is 2.13. The average Bonchev–Trinajstić information content (AvgIpc) is 2.41. The molecule has 2 aromatic rings. The van der Waals surface area contributed by atoms with E-state index in [-0.39, 0.29) is 5.91 Å². The third-order valence-corrected chi connectivity index (χ3v) is 2.99. The van der Waals surface area contributed by atoms with Crippen molar-refractivity contribution in [2.24, 2.45) is 0 Å². The summed E-state index contributed by atoms with van der Waals surface area (Å²) in [5.41, 5.74) is 3.42. The minimum absolute atomic E-state index is 0.158. The number of nitrogens with one attached hydrogen (secondary N) is 1. The molecule has 2 aromatic carbocycles. The van der Waals surface area contributed by atoms with Gasteiger partial charge in [-0.2, -0.15) is 0 Å². The molecule has 0 bridgehead atoms. The summed E-state index contributed by atoms with van der Waals surface area (Å²) in [7, 11) is 1.56. The van der Waals surface area contributed by atoms with Crippen LogP contribution in [-0.2, 0) is 0 Å². The molecule has 0 saturated heterocycles. The summed E-state index contributed by atoms with van der Waals surface area (Å²) in [5, 5.41) is 2.91. The Morgan fingerprint density at radius 3 is 2.53 bits per heavy atom. The van der Waals surface area contributed by atoms with Crippen LogP contribution < -0.4 is 10.1 Å². The normalized spacial score (nSPS) is 10.1. The van der Waals surface area contributed by atoms with E-state index in [1.165, 1.54) is 0 Å². The molecule has 0 aliphatic carbocycles. The van der Waals surface area contributed by atoms with E-state index in [1.54, 1.807) is 7.11 Å². The lowest BCUT2D eigenvalue weighted by molar-refractivity contribution is 0.102. The highest BCUT2D eigenvalue weighted by atomic mass is 16.5. The zero-order valence-electron chi connectivity index (χ0n) is 11.4. The molecule has 98 valence electrons. The Balaban J connectivity index is 2.30. The van der Waals surface area contributed by atoms with Crippen LogP contribution in [0.15, 0.2) is 42.5 Å². The first-order valence-corrected chi connectivity index (χ1v) is 6.13. The van der Waals surface area contributed by atoms with Crippen LogP contribution in [0.5, 0.6) is 5.75 Å². The number of amides is 1. The topological polar surface area (TPSA) is 38.3 Å². The number of para-hydroxylation sites is 1. The van der Waals surface area contributed by atoms with Crippen molar-refractivity contribution in [2.45, 2.75) is 13.8 Å². The molecule has 19 heavy (non-hydrogen) atoms. The van der Waals surface area contributed by atoms with Crippen LogP contribution in [0.4, 0.5) is 5.69 Å². The first kappa shape index (κ1) is 13.1. The molecule has 0 aliphatic heterocycles. The fourth-order valence-corrected chi connectivity index (χ4v) is 1.90. The van der Waals surface area contributed by atoms with Gasteiger partial charge in [-0.1, -0.05) is 29.8 Å². The van der Waals surface area contributed by atoms with Crippen molar-refractivity contribution in [3.8, 4) is 5.75 Å². The fourth-order valence-electron chi connectivity index (χ4n) is 1.90. The Labute approximate surface area is 113 Å². The molecule has 0 saturated carbocycles. The number of carbonyl (C=O) groups is 1. The number of ether oxygens (including phenoxy) is 1. The van der Waals surface area contributed by atoms with Gasteiger partial charge in [0.2, 0.25) is 0 Å². The zero-order chi connectivity index (χ0) is 13.8. The molecule has 0 atom stereocenters. The van der Waals surface area contributed by atoms with Gasteiger partial charge in [-0.25, -0.2) is 0 Å². The van der Waals surface area contributed by atoms with Gasteiger partial charge in [-0.05, 0) is 37.6 Å². The quantitative estimate of drug-likeness (QED) is 0.910. The van der Waals surface area contributed by atoms with Crippen molar-refractivity contribution in [1.29, 1.82) is 0 Å². The monoisotopic (exact) mass is 255 g/mol. The van der Waals surface area contributed by atoms with E-state index in [0.29, 0.717) is 11.3 Å². The number of hydrogen-bond acceptors (Lipinski definition) is 2. The van der Waals surface area contributed by atoms with E-state index in [9.17, 15) is 4.79 Å². The minimum Gasteiger partial charge on any atom is -0.496 e. The lowest BCUT2D eigenvalue weighted by Gasteiger charge is -2.11. The van der Waals surface area contributed by atoms with Gasteiger partial charge >= 0.3 is 0 Å². The summed E-state index contributed by atoms with van der Waals surface area (Å²) in [6, 6.07) is 13.2. The molecule has 0 aromatic heterocycles.